The average Bonchev–Trinajstić information content (AvgIpc) is 3.29. The van der Waals surface area contributed by atoms with Crippen molar-refractivity contribution in [3.8, 4) is 6.07 Å². The van der Waals surface area contributed by atoms with Crippen LogP contribution < -0.4 is 4.90 Å². The highest BCUT2D eigenvalue weighted by atomic mass is 19.4. The van der Waals surface area contributed by atoms with Crippen molar-refractivity contribution in [2.75, 3.05) is 11.5 Å². The van der Waals surface area contributed by atoms with E-state index in [2.05, 4.69) is 0 Å². The molecule has 5 aliphatic heterocycles. The van der Waals surface area contributed by atoms with Crippen LogP contribution in [0.5, 0.6) is 0 Å². The normalized spacial score (nSPS) is 45.0. The average molecular weight is 392 g/mol. The summed E-state index contributed by atoms with van der Waals surface area (Å²) in [6, 6.07) is 4.91. The largest absolute Gasteiger partial charge is 0.417 e. The number of fused-ring (bicyclic) bond motifs is 4. The second-order valence-electron chi connectivity index (χ2n) is 8.28. The lowest BCUT2D eigenvalue weighted by molar-refractivity contribution is -0.170. The monoisotopic (exact) mass is 392 g/mol. The minimum atomic E-state index is -4.70. The van der Waals surface area contributed by atoms with Crippen molar-refractivity contribution in [2.24, 2.45) is 11.8 Å². The van der Waals surface area contributed by atoms with Gasteiger partial charge in [0.25, 0.3) is 0 Å². The Bertz CT molecular complexity index is 975. The first-order valence-electron chi connectivity index (χ1n) is 9.14. The summed E-state index contributed by atoms with van der Waals surface area (Å²) in [5, 5.41) is 9.02. The number of rotatable bonds is 1. The molecular weight excluding hydrogens is 377 g/mol. The van der Waals surface area contributed by atoms with E-state index in [1.165, 1.54) is 11.0 Å². The summed E-state index contributed by atoms with van der Waals surface area (Å²) in [5.74, 6) is -1.12. The van der Waals surface area contributed by atoms with Crippen LogP contribution >= 0.6 is 0 Å². The fourth-order valence-corrected chi connectivity index (χ4v) is 5.99. The second-order valence-corrected chi connectivity index (χ2v) is 8.28. The molecule has 9 heteroatoms. The van der Waals surface area contributed by atoms with Crippen LogP contribution in [0.15, 0.2) is 18.2 Å². The molecule has 0 saturated carbocycles. The predicted molar refractivity (Wildman–Crippen MR) is 85.9 cm³/mol. The number of anilines is 1. The van der Waals surface area contributed by atoms with E-state index in [0.717, 1.165) is 12.1 Å². The third kappa shape index (κ3) is 1.69. The van der Waals surface area contributed by atoms with E-state index in [9.17, 15) is 18.0 Å². The van der Waals surface area contributed by atoms with Gasteiger partial charge in [0, 0.05) is 12.1 Å². The van der Waals surface area contributed by atoms with Crippen LogP contribution in [0.2, 0.25) is 0 Å². The van der Waals surface area contributed by atoms with Crippen molar-refractivity contribution in [3.05, 3.63) is 29.3 Å². The van der Waals surface area contributed by atoms with Crippen LogP contribution in [0.1, 0.15) is 24.5 Å². The highest BCUT2D eigenvalue weighted by Gasteiger charge is 2.87. The Hall–Kier alpha value is -2.15. The number of epoxide rings is 1. The number of hydrogen-bond donors (Lipinski definition) is 0. The minimum Gasteiger partial charge on any atom is -0.363 e. The van der Waals surface area contributed by atoms with Gasteiger partial charge in [-0.05, 0) is 25.1 Å². The van der Waals surface area contributed by atoms with Gasteiger partial charge in [0.15, 0.2) is 0 Å². The molecule has 0 aromatic heterocycles. The summed E-state index contributed by atoms with van der Waals surface area (Å²) in [6.45, 7) is 2.19. The van der Waals surface area contributed by atoms with E-state index in [1.807, 2.05) is 6.92 Å². The van der Waals surface area contributed by atoms with Crippen LogP contribution in [-0.4, -0.2) is 42.2 Å². The summed E-state index contributed by atoms with van der Waals surface area (Å²) >= 11 is 0. The van der Waals surface area contributed by atoms with Gasteiger partial charge in [-0.1, -0.05) is 0 Å². The highest BCUT2D eigenvalue weighted by molar-refractivity contribution is 6.00. The molecule has 6 rings (SSSR count). The number of nitriles is 1. The molecule has 1 aromatic carbocycles. The summed E-state index contributed by atoms with van der Waals surface area (Å²) in [6.07, 6.45) is -5.03. The zero-order valence-corrected chi connectivity index (χ0v) is 14.7. The van der Waals surface area contributed by atoms with E-state index in [0.29, 0.717) is 13.0 Å². The van der Waals surface area contributed by atoms with E-state index in [4.69, 9.17) is 19.5 Å². The Balaban J connectivity index is 1.47. The molecule has 0 N–H and O–H groups in total. The first-order chi connectivity index (χ1) is 13.2. The molecule has 2 bridgehead atoms. The van der Waals surface area contributed by atoms with Gasteiger partial charge in [-0.25, -0.2) is 0 Å². The standard InChI is InChI=1S/C19H15F3N2O4/c1-17-11-12-16(26-5-4-18(12,28-17)14-13(17)27-14)24(15(11)25)9-3-2-8(7-23)10(6-9)19(20,21)22/h2-3,6,11-14,16H,4-5H2,1H3/t11-,12+,13-,14+,16+,17+,18-/m1/s1. The third-order valence-electron chi connectivity index (χ3n) is 7.04. The minimum absolute atomic E-state index is 0.0791. The molecule has 1 spiro atoms. The SMILES string of the molecule is C[C@]12O[C@@]3(CCO[C@H]4[C@@H]3[C@@H]1C(=O)N4c1ccc(C#N)c(C(F)(F)F)c1)[C@H]1O[C@H]12. The maximum Gasteiger partial charge on any atom is 0.417 e. The molecule has 0 radical (unpaired) electrons. The molecule has 5 fully saturated rings. The Morgan fingerprint density at radius 1 is 1.32 bits per heavy atom. The van der Waals surface area contributed by atoms with Gasteiger partial charge < -0.3 is 14.2 Å². The van der Waals surface area contributed by atoms with Crippen molar-refractivity contribution in [2.45, 2.75) is 49.2 Å². The summed E-state index contributed by atoms with van der Waals surface area (Å²) < 4.78 is 58.3. The van der Waals surface area contributed by atoms with Gasteiger partial charge in [0.2, 0.25) is 5.91 Å². The predicted octanol–water partition coefficient (Wildman–Crippen LogP) is 2.21. The molecule has 5 saturated heterocycles. The fourth-order valence-electron chi connectivity index (χ4n) is 5.99. The molecule has 7 atom stereocenters. The number of nitrogens with zero attached hydrogens (tertiary/aromatic N) is 2. The van der Waals surface area contributed by atoms with E-state index >= 15 is 0 Å². The van der Waals surface area contributed by atoms with Gasteiger partial charge in [0.1, 0.15) is 29.6 Å². The van der Waals surface area contributed by atoms with Crippen LogP contribution in [0, 0.1) is 23.2 Å². The van der Waals surface area contributed by atoms with Gasteiger partial charge in [-0.15, -0.1) is 0 Å². The van der Waals surface area contributed by atoms with Gasteiger partial charge in [-0.3, -0.25) is 9.69 Å². The van der Waals surface area contributed by atoms with Crippen LogP contribution in [0.3, 0.4) is 0 Å². The number of benzene rings is 1. The van der Waals surface area contributed by atoms with Crippen molar-refractivity contribution in [1.29, 1.82) is 5.26 Å². The number of carbonyl (C=O) groups excluding carboxylic acids is 1. The number of halogens is 3. The van der Waals surface area contributed by atoms with Crippen LogP contribution in [0.4, 0.5) is 18.9 Å². The number of ether oxygens (including phenoxy) is 3. The summed E-state index contributed by atoms with van der Waals surface area (Å²) in [5.41, 5.74) is -2.84. The Morgan fingerprint density at radius 3 is 2.82 bits per heavy atom. The number of carbonyl (C=O) groups is 1. The number of amides is 1. The molecule has 0 aliphatic carbocycles. The van der Waals surface area contributed by atoms with Crippen LogP contribution in [-0.2, 0) is 25.2 Å². The molecule has 0 unspecified atom stereocenters. The molecule has 1 amide bonds. The zero-order valence-electron chi connectivity index (χ0n) is 14.7. The molecule has 146 valence electrons. The summed E-state index contributed by atoms with van der Waals surface area (Å²) in [7, 11) is 0. The second kappa shape index (κ2) is 4.70. The topological polar surface area (TPSA) is 75.1 Å². The molecule has 28 heavy (non-hydrogen) atoms. The van der Waals surface area contributed by atoms with Gasteiger partial charge in [0.05, 0.1) is 35.6 Å². The number of hydrogen-bond acceptors (Lipinski definition) is 5. The Labute approximate surface area is 157 Å². The fraction of sp³-hybridized carbons (Fsp3) is 0.579. The first-order valence-corrected chi connectivity index (χ1v) is 9.14. The molecule has 1 aromatic rings. The Morgan fingerprint density at radius 2 is 2.11 bits per heavy atom. The van der Waals surface area contributed by atoms with Crippen molar-refractivity contribution in [3.63, 3.8) is 0 Å². The van der Waals surface area contributed by atoms with E-state index in [-0.39, 0.29) is 29.7 Å². The Kier molecular flexibility index (Phi) is 2.81. The van der Waals surface area contributed by atoms with Crippen molar-refractivity contribution >= 4 is 11.6 Å². The lowest BCUT2D eigenvalue weighted by atomic mass is 9.66. The molecule has 5 aliphatic rings. The van der Waals surface area contributed by atoms with Crippen molar-refractivity contribution in [1.82, 2.24) is 0 Å². The van der Waals surface area contributed by atoms with E-state index in [1.54, 1.807) is 6.07 Å². The lowest BCUT2D eigenvalue weighted by Crippen LogP contribution is -2.54. The maximum atomic E-state index is 13.4. The zero-order chi connectivity index (χ0) is 19.6. The van der Waals surface area contributed by atoms with Crippen LogP contribution in [0.25, 0.3) is 0 Å². The number of alkyl halides is 3. The summed E-state index contributed by atoms with van der Waals surface area (Å²) in [4.78, 5) is 14.7. The lowest BCUT2D eigenvalue weighted by Gasteiger charge is -2.41. The van der Waals surface area contributed by atoms with E-state index < -0.39 is 40.7 Å². The van der Waals surface area contributed by atoms with Gasteiger partial charge >= 0.3 is 6.18 Å². The molecular formula is C19H15F3N2O4. The van der Waals surface area contributed by atoms with Gasteiger partial charge in [-0.2, -0.15) is 18.4 Å². The smallest absolute Gasteiger partial charge is 0.363 e. The quantitative estimate of drug-likeness (QED) is 0.685. The third-order valence-corrected chi connectivity index (χ3v) is 7.04. The molecule has 5 heterocycles. The van der Waals surface area contributed by atoms with Crippen molar-refractivity contribution < 1.29 is 32.2 Å². The maximum absolute atomic E-state index is 13.4. The highest BCUT2D eigenvalue weighted by Crippen LogP contribution is 2.71. The molecule has 6 nitrogen and oxygen atoms in total. The first kappa shape index (κ1) is 16.8.